The molecule has 1 aromatic heterocycles. The Morgan fingerprint density at radius 2 is 2.10 bits per heavy atom. The second-order valence-electron chi connectivity index (χ2n) is 6.28. The van der Waals surface area contributed by atoms with Crippen molar-refractivity contribution in [3.63, 3.8) is 0 Å². The quantitative estimate of drug-likeness (QED) is 0.400. The van der Waals surface area contributed by atoms with Gasteiger partial charge in [0.2, 0.25) is 5.88 Å². The Bertz CT molecular complexity index is 976. The van der Waals surface area contributed by atoms with Gasteiger partial charge in [-0.25, -0.2) is 4.79 Å². The monoisotopic (exact) mass is 438 g/mol. The fourth-order valence-electron chi connectivity index (χ4n) is 3.03. The number of methoxy groups -OCH3 is 3. The molecule has 1 atom stereocenters. The number of nitrogens with zero attached hydrogens (tertiary/aromatic N) is 2. The summed E-state index contributed by atoms with van der Waals surface area (Å²) in [7, 11) is 4.25. The predicted octanol–water partition coefficient (Wildman–Crippen LogP) is 3.72. The van der Waals surface area contributed by atoms with Crippen LogP contribution in [-0.2, 0) is 16.0 Å². The Hall–Kier alpha value is -2.43. The van der Waals surface area contributed by atoms with Crippen LogP contribution in [0.4, 0.5) is 5.69 Å². The number of aliphatic imine (C=N–C) groups is 1. The highest BCUT2D eigenvalue weighted by molar-refractivity contribution is 7.73. The van der Waals surface area contributed by atoms with Crippen LogP contribution in [0.15, 0.2) is 17.1 Å². The highest BCUT2D eigenvalue weighted by Gasteiger charge is 2.20. The molecule has 1 saturated heterocycles. The van der Waals surface area contributed by atoms with Gasteiger partial charge in [-0.3, -0.25) is 9.56 Å². The van der Waals surface area contributed by atoms with Gasteiger partial charge in [-0.1, -0.05) is 11.3 Å². The Kier molecular flexibility index (Phi) is 6.88. The summed E-state index contributed by atoms with van der Waals surface area (Å²) in [5.41, 5.74) is 0.530. The van der Waals surface area contributed by atoms with E-state index < -0.39 is 5.97 Å². The highest BCUT2D eigenvalue weighted by atomic mass is 32.1. The first-order valence-electron chi connectivity index (χ1n) is 8.91. The molecule has 0 radical (unpaired) electrons. The van der Waals surface area contributed by atoms with Crippen LogP contribution in [0, 0.1) is 3.95 Å². The molecular formula is C19H22N2O6S2. The molecule has 2 heterocycles. The molecule has 0 aliphatic carbocycles. The third-order valence-corrected chi connectivity index (χ3v) is 5.91. The lowest BCUT2D eigenvalue weighted by Gasteiger charge is -2.11. The normalized spacial score (nSPS) is 16.3. The Morgan fingerprint density at radius 3 is 2.72 bits per heavy atom. The number of benzene rings is 1. The number of rotatable bonds is 7. The summed E-state index contributed by atoms with van der Waals surface area (Å²) in [6.45, 7) is 1.23. The molecule has 0 amide bonds. The number of carbonyl (C=O) groups is 1. The van der Waals surface area contributed by atoms with Gasteiger partial charge in [0.25, 0.3) is 0 Å². The lowest BCUT2D eigenvalue weighted by Crippen LogP contribution is -2.14. The van der Waals surface area contributed by atoms with Crippen molar-refractivity contribution in [2.75, 3.05) is 27.9 Å². The summed E-state index contributed by atoms with van der Waals surface area (Å²) in [5, 5.41) is 10.6. The largest absolute Gasteiger partial charge is 0.493 e. The zero-order chi connectivity index (χ0) is 21.0. The molecule has 0 bridgehead atoms. The number of thiazole rings is 1. The van der Waals surface area contributed by atoms with E-state index in [0.29, 0.717) is 32.6 Å². The van der Waals surface area contributed by atoms with Gasteiger partial charge in [0, 0.05) is 18.7 Å². The number of esters is 1. The molecule has 2 aromatic rings. The number of hydrogen-bond acceptors (Lipinski definition) is 9. The lowest BCUT2D eigenvalue weighted by atomic mass is 10.1. The second kappa shape index (κ2) is 9.38. The van der Waals surface area contributed by atoms with Crippen molar-refractivity contribution in [2.24, 2.45) is 4.99 Å². The van der Waals surface area contributed by atoms with Gasteiger partial charge in [0.15, 0.2) is 15.5 Å². The number of aromatic hydroxyl groups is 1. The first-order chi connectivity index (χ1) is 14.0. The molecule has 0 saturated carbocycles. The molecule has 1 aromatic carbocycles. The second-order valence-corrected chi connectivity index (χ2v) is 7.95. The predicted molar refractivity (Wildman–Crippen MR) is 112 cm³/mol. The molecule has 3 rings (SSSR count). The maximum Gasteiger partial charge on any atom is 0.340 e. The molecule has 1 aliphatic heterocycles. The van der Waals surface area contributed by atoms with Crippen LogP contribution in [0.1, 0.15) is 28.1 Å². The summed E-state index contributed by atoms with van der Waals surface area (Å²) in [5.74, 6) is 0.262. The van der Waals surface area contributed by atoms with Gasteiger partial charge in [-0.15, -0.1) is 0 Å². The molecular weight excluding hydrogens is 416 g/mol. The molecule has 8 nitrogen and oxygen atoms in total. The Balaban J connectivity index is 1.95. The summed E-state index contributed by atoms with van der Waals surface area (Å²) in [4.78, 5) is 17.0. The van der Waals surface area contributed by atoms with E-state index >= 15 is 0 Å². The van der Waals surface area contributed by atoms with Gasteiger partial charge in [0.1, 0.15) is 4.88 Å². The van der Waals surface area contributed by atoms with E-state index in [-0.39, 0.29) is 17.5 Å². The van der Waals surface area contributed by atoms with Crippen LogP contribution in [0.3, 0.4) is 0 Å². The Morgan fingerprint density at radius 1 is 1.38 bits per heavy atom. The van der Waals surface area contributed by atoms with Crippen molar-refractivity contribution >= 4 is 41.4 Å². The van der Waals surface area contributed by atoms with Crippen molar-refractivity contribution in [3.05, 3.63) is 26.5 Å². The van der Waals surface area contributed by atoms with E-state index in [1.54, 1.807) is 10.6 Å². The van der Waals surface area contributed by atoms with Crippen molar-refractivity contribution < 1.29 is 28.8 Å². The highest BCUT2D eigenvalue weighted by Crippen LogP contribution is 2.36. The van der Waals surface area contributed by atoms with Crippen molar-refractivity contribution in [1.82, 2.24) is 4.57 Å². The standard InChI is InChI=1S/C19H22N2O6S2/c1-24-14-7-12(18(23)26-3)13(8-15(14)25-2)20-9-16-17(22)21(19(28)29-16)10-11-5-4-6-27-11/h7-9,11,22H,4-6,10H2,1-3H3/t11-/m0/s1. The minimum absolute atomic E-state index is 0.0272. The average Bonchev–Trinajstić information content (AvgIpc) is 3.34. The van der Waals surface area contributed by atoms with E-state index in [1.807, 2.05) is 0 Å². The van der Waals surface area contributed by atoms with Gasteiger partial charge in [-0.05, 0) is 25.1 Å². The Labute approximate surface area is 177 Å². The van der Waals surface area contributed by atoms with E-state index in [1.165, 1.54) is 44.9 Å². The van der Waals surface area contributed by atoms with E-state index in [9.17, 15) is 9.90 Å². The smallest absolute Gasteiger partial charge is 0.340 e. The minimum Gasteiger partial charge on any atom is -0.493 e. The van der Waals surface area contributed by atoms with E-state index in [0.717, 1.165) is 19.4 Å². The third kappa shape index (κ3) is 4.60. The topological polar surface area (TPSA) is 91.5 Å². The maximum atomic E-state index is 12.2. The molecule has 1 fully saturated rings. The lowest BCUT2D eigenvalue weighted by molar-refractivity contribution is 0.0601. The van der Waals surface area contributed by atoms with Gasteiger partial charge in [-0.2, -0.15) is 0 Å². The minimum atomic E-state index is -0.564. The van der Waals surface area contributed by atoms with Gasteiger partial charge >= 0.3 is 5.97 Å². The first-order valence-corrected chi connectivity index (χ1v) is 10.1. The van der Waals surface area contributed by atoms with Crippen LogP contribution < -0.4 is 9.47 Å². The first kappa shape index (κ1) is 21.3. The van der Waals surface area contributed by atoms with E-state index in [4.69, 9.17) is 31.2 Å². The molecule has 10 heteroatoms. The van der Waals surface area contributed by atoms with Crippen molar-refractivity contribution in [1.29, 1.82) is 0 Å². The number of ether oxygens (including phenoxy) is 4. The van der Waals surface area contributed by atoms with Crippen molar-refractivity contribution in [2.45, 2.75) is 25.5 Å². The summed E-state index contributed by atoms with van der Waals surface area (Å²) in [6, 6.07) is 3.07. The number of aromatic nitrogens is 1. The van der Waals surface area contributed by atoms with Gasteiger partial charge in [0.05, 0.1) is 51.4 Å². The summed E-state index contributed by atoms with van der Waals surface area (Å²) < 4.78 is 23.2. The van der Waals surface area contributed by atoms with Gasteiger partial charge < -0.3 is 24.1 Å². The summed E-state index contributed by atoms with van der Waals surface area (Å²) in [6.07, 6.45) is 3.46. The zero-order valence-electron chi connectivity index (χ0n) is 16.3. The maximum absolute atomic E-state index is 12.2. The van der Waals surface area contributed by atoms with Crippen LogP contribution >= 0.6 is 23.6 Å². The van der Waals surface area contributed by atoms with Crippen molar-refractivity contribution in [3.8, 4) is 17.4 Å². The third-order valence-electron chi connectivity index (χ3n) is 4.53. The SMILES string of the molecule is COC(=O)c1cc(OC)c(OC)cc1N=Cc1sc(=S)n(C[C@@H]2CCCO2)c1O. The fraction of sp³-hybridized carbons (Fsp3) is 0.421. The number of carbonyl (C=O) groups excluding carboxylic acids is 1. The van der Waals surface area contributed by atoms with Crippen LogP contribution in [0.5, 0.6) is 17.4 Å². The fourth-order valence-corrected chi connectivity index (χ4v) is 4.22. The summed E-state index contributed by atoms with van der Waals surface area (Å²) >= 11 is 6.61. The van der Waals surface area contributed by atoms with Crippen LogP contribution in [-0.4, -0.2) is 55.9 Å². The zero-order valence-corrected chi connectivity index (χ0v) is 18.0. The molecule has 1 N–H and O–H groups in total. The molecule has 1 aliphatic rings. The molecule has 0 spiro atoms. The van der Waals surface area contributed by atoms with Crippen LogP contribution in [0.25, 0.3) is 0 Å². The molecule has 29 heavy (non-hydrogen) atoms. The molecule has 0 unspecified atom stereocenters. The molecule has 156 valence electrons. The van der Waals surface area contributed by atoms with Crippen LogP contribution in [0.2, 0.25) is 0 Å². The average molecular weight is 439 g/mol. The van der Waals surface area contributed by atoms with E-state index in [2.05, 4.69) is 4.99 Å². The number of hydrogen-bond donors (Lipinski definition) is 1.